The van der Waals surface area contributed by atoms with Crippen molar-refractivity contribution in [1.29, 1.82) is 0 Å². The summed E-state index contributed by atoms with van der Waals surface area (Å²) in [4.78, 5) is 11.9. The van der Waals surface area contributed by atoms with Crippen LogP contribution in [-0.2, 0) is 4.74 Å². The lowest BCUT2D eigenvalue weighted by Gasteiger charge is -2.27. The van der Waals surface area contributed by atoms with E-state index in [1.165, 1.54) is 13.3 Å². The summed E-state index contributed by atoms with van der Waals surface area (Å²) in [5.41, 5.74) is -0.0290. The highest BCUT2D eigenvalue weighted by Gasteiger charge is 2.22. The predicted molar refractivity (Wildman–Crippen MR) is 67.8 cm³/mol. The fourth-order valence-corrected chi connectivity index (χ4v) is 1.66. The van der Waals surface area contributed by atoms with E-state index in [1.807, 2.05) is 27.7 Å². The van der Waals surface area contributed by atoms with Crippen molar-refractivity contribution < 1.29 is 14.3 Å². The molecule has 0 aromatic carbocycles. The Morgan fingerprint density at radius 3 is 2.78 bits per heavy atom. The number of amides is 1. The van der Waals surface area contributed by atoms with Gasteiger partial charge < -0.3 is 14.8 Å². The van der Waals surface area contributed by atoms with E-state index in [-0.39, 0.29) is 12.0 Å². The van der Waals surface area contributed by atoms with Crippen LogP contribution in [0.5, 0.6) is 5.88 Å². The molecular formula is C12H21N3O3. The highest BCUT2D eigenvalue weighted by molar-refractivity contribution is 5.96. The molecule has 0 saturated heterocycles. The molecular weight excluding hydrogens is 234 g/mol. The van der Waals surface area contributed by atoms with Crippen molar-refractivity contribution >= 4 is 5.91 Å². The number of aromatic amines is 1. The predicted octanol–water partition coefficient (Wildman–Crippen LogP) is 1.35. The summed E-state index contributed by atoms with van der Waals surface area (Å²) < 4.78 is 10.7. The van der Waals surface area contributed by atoms with Gasteiger partial charge in [0.15, 0.2) is 0 Å². The third-order valence-electron chi connectivity index (χ3n) is 2.28. The first-order chi connectivity index (χ1) is 8.35. The van der Waals surface area contributed by atoms with E-state index in [4.69, 9.17) is 9.47 Å². The van der Waals surface area contributed by atoms with E-state index in [9.17, 15) is 4.79 Å². The van der Waals surface area contributed by atoms with Crippen molar-refractivity contribution in [2.75, 3.05) is 13.7 Å². The van der Waals surface area contributed by atoms with Gasteiger partial charge >= 0.3 is 0 Å². The summed E-state index contributed by atoms with van der Waals surface area (Å²) in [6.07, 6.45) is 1.55. The number of nitrogens with one attached hydrogen (secondary N) is 2. The first-order valence-corrected chi connectivity index (χ1v) is 5.89. The van der Waals surface area contributed by atoms with Gasteiger partial charge in [-0.3, -0.25) is 4.79 Å². The maximum absolute atomic E-state index is 11.9. The zero-order valence-electron chi connectivity index (χ0n) is 11.5. The fourth-order valence-electron chi connectivity index (χ4n) is 1.66. The summed E-state index contributed by atoms with van der Waals surface area (Å²) in [7, 11) is 1.48. The molecule has 1 aromatic rings. The minimum Gasteiger partial charge on any atom is -0.481 e. The zero-order valence-corrected chi connectivity index (χ0v) is 11.5. The number of H-pyrrole nitrogens is 1. The minimum absolute atomic E-state index is 0.111. The Hall–Kier alpha value is -1.56. The lowest BCUT2D eigenvalue weighted by Crippen LogP contribution is -2.41. The average molecular weight is 255 g/mol. The van der Waals surface area contributed by atoms with Gasteiger partial charge in [0.1, 0.15) is 5.56 Å². The Balaban J connectivity index is 2.56. The van der Waals surface area contributed by atoms with Gasteiger partial charge in [0.05, 0.1) is 25.0 Å². The number of nitrogens with zero attached hydrogens (tertiary/aromatic N) is 1. The number of ether oxygens (including phenoxy) is 2. The van der Waals surface area contributed by atoms with Gasteiger partial charge in [-0.05, 0) is 27.7 Å². The second-order valence-electron chi connectivity index (χ2n) is 4.93. The molecule has 18 heavy (non-hydrogen) atoms. The number of rotatable bonds is 6. The highest BCUT2D eigenvalue weighted by Crippen LogP contribution is 2.14. The van der Waals surface area contributed by atoms with Gasteiger partial charge in [-0.15, -0.1) is 0 Å². The summed E-state index contributed by atoms with van der Waals surface area (Å²) in [6, 6.07) is 0. The number of carbonyl (C=O) groups excluding carboxylic acids is 1. The fraction of sp³-hybridized carbons (Fsp3) is 0.667. The lowest BCUT2D eigenvalue weighted by atomic mass is 10.1. The molecule has 0 atom stereocenters. The topological polar surface area (TPSA) is 76.2 Å². The molecule has 0 spiro atoms. The number of carbonyl (C=O) groups is 1. The summed E-state index contributed by atoms with van der Waals surface area (Å²) in [6.45, 7) is 8.20. The van der Waals surface area contributed by atoms with Crippen molar-refractivity contribution in [3.63, 3.8) is 0 Å². The number of methoxy groups -OCH3 is 1. The summed E-state index contributed by atoms with van der Waals surface area (Å²) in [5, 5.41) is 9.17. The molecule has 6 heteroatoms. The van der Waals surface area contributed by atoms with Gasteiger partial charge in [0.2, 0.25) is 5.88 Å². The van der Waals surface area contributed by atoms with E-state index in [0.29, 0.717) is 18.0 Å². The van der Waals surface area contributed by atoms with E-state index in [1.54, 1.807) is 0 Å². The minimum atomic E-state index is -0.416. The first kappa shape index (κ1) is 14.5. The van der Waals surface area contributed by atoms with Crippen LogP contribution in [0.4, 0.5) is 0 Å². The number of hydrogen-bond donors (Lipinski definition) is 2. The number of aromatic nitrogens is 2. The maximum Gasteiger partial charge on any atom is 0.258 e. The Morgan fingerprint density at radius 1 is 1.56 bits per heavy atom. The molecule has 102 valence electrons. The molecule has 0 aliphatic heterocycles. The largest absolute Gasteiger partial charge is 0.481 e. The molecule has 2 N–H and O–H groups in total. The Kier molecular flexibility index (Phi) is 4.72. The Bertz CT molecular complexity index is 399. The van der Waals surface area contributed by atoms with Gasteiger partial charge in [-0.2, -0.15) is 5.10 Å². The maximum atomic E-state index is 11.9. The zero-order chi connectivity index (χ0) is 13.8. The van der Waals surface area contributed by atoms with Gasteiger partial charge in [-0.25, -0.2) is 5.10 Å². The molecule has 0 unspecified atom stereocenters. The molecule has 0 aliphatic rings. The molecule has 6 nitrogen and oxygen atoms in total. The number of hydrogen-bond acceptors (Lipinski definition) is 4. The van der Waals surface area contributed by atoms with Crippen molar-refractivity contribution in [3.8, 4) is 5.88 Å². The normalized spacial score (nSPS) is 11.7. The summed E-state index contributed by atoms with van der Waals surface area (Å²) in [5.74, 6) is 0.121. The molecule has 1 heterocycles. The van der Waals surface area contributed by atoms with Gasteiger partial charge in [0.25, 0.3) is 5.91 Å². The van der Waals surface area contributed by atoms with E-state index in [0.717, 1.165) is 0 Å². The van der Waals surface area contributed by atoms with Crippen molar-refractivity contribution in [2.24, 2.45) is 0 Å². The Labute approximate surface area is 107 Å². The molecule has 0 bridgehead atoms. The monoisotopic (exact) mass is 255 g/mol. The first-order valence-electron chi connectivity index (χ1n) is 5.89. The molecule has 1 amide bonds. The SMILES string of the molecule is COc1[nH]ncc1C(=O)NCC(C)(C)OC(C)C. The average Bonchev–Trinajstić information content (AvgIpc) is 2.72. The van der Waals surface area contributed by atoms with Crippen molar-refractivity contribution in [2.45, 2.75) is 39.4 Å². The quantitative estimate of drug-likeness (QED) is 0.804. The van der Waals surface area contributed by atoms with Crippen LogP contribution in [0.25, 0.3) is 0 Å². The van der Waals surface area contributed by atoms with Crippen LogP contribution < -0.4 is 10.1 Å². The van der Waals surface area contributed by atoms with Crippen molar-refractivity contribution in [3.05, 3.63) is 11.8 Å². The van der Waals surface area contributed by atoms with Crippen LogP contribution in [0.1, 0.15) is 38.1 Å². The van der Waals surface area contributed by atoms with Gasteiger partial charge in [-0.1, -0.05) is 0 Å². The third kappa shape index (κ3) is 4.03. The molecule has 0 saturated carbocycles. The van der Waals surface area contributed by atoms with Gasteiger partial charge in [0, 0.05) is 6.54 Å². The molecule has 0 fully saturated rings. The van der Waals surface area contributed by atoms with Crippen LogP contribution in [0, 0.1) is 0 Å². The van der Waals surface area contributed by atoms with E-state index >= 15 is 0 Å². The van der Waals surface area contributed by atoms with Crippen molar-refractivity contribution in [1.82, 2.24) is 15.5 Å². The van der Waals surface area contributed by atoms with Crippen LogP contribution in [0.3, 0.4) is 0 Å². The van der Waals surface area contributed by atoms with E-state index in [2.05, 4.69) is 15.5 Å². The Morgan fingerprint density at radius 2 is 2.22 bits per heavy atom. The smallest absolute Gasteiger partial charge is 0.258 e. The second kappa shape index (κ2) is 5.86. The standard InChI is InChI=1S/C12H21N3O3/c1-8(2)18-12(3,4)7-13-10(16)9-6-14-15-11(9)17-5/h6,8H,7H2,1-5H3,(H,13,16)(H,14,15). The molecule has 1 rings (SSSR count). The van der Waals surface area contributed by atoms with Crippen LogP contribution in [0.2, 0.25) is 0 Å². The van der Waals surface area contributed by atoms with Crippen LogP contribution in [-0.4, -0.2) is 41.5 Å². The molecule has 0 aliphatic carbocycles. The summed E-state index contributed by atoms with van der Waals surface area (Å²) >= 11 is 0. The third-order valence-corrected chi connectivity index (χ3v) is 2.28. The molecule has 1 aromatic heterocycles. The lowest BCUT2D eigenvalue weighted by molar-refractivity contribution is -0.0527. The van der Waals surface area contributed by atoms with Crippen LogP contribution >= 0.6 is 0 Å². The second-order valence-corrected chi connectivity index (χ2v) is 4.93. The van der Waals surface area contributed by atoms with Crippen LogP contribution in [0.15, 0.2) is 6.20 Å². The highest BCUT2D eigenvalue weighted by atomic mass is 16.5. The molecule has 0 radical (unpaired) electrons. The van der Waals surface area contributed by atoms with E-state index < -0.39 is 5.60 Å².